The number of ether oxygens (including phenoxy) is 1. The van der Waals surface area contributed by atoms with Crippen LogP contribution in [-0.4, -0.2) is 35.4 Å². The van der Waals surface area contributed by atoms with Gasteiger partial charge in [0, 0.05) is 6.54 Å². The number of aliphatic hydroxyl groups excluding tert-OH is 1. The SMILES string of the molecule is COc1ccc(CNC(C(=O)O)C(C)O)cc1. The largest absolute Gasteiger partial charge is 0.497 e. The smallest absolute Gasteiger partial charge is 0.323 e. The molecule has 1 rings (SSSR count). The first kappa shape index (κ1) is 13.5. The van der Waals surface area contributed by atoms with Crippen molar-refractivity contribution in [2.45, 2.75) is 25.6 Å². The zero-order valence-electron chi connectivity index (χ0n) is 9.88. The summed E-state index contributed by atoms with van der Waals surface area (Å²) in [5.41, 5.74) is 0.928. The summed E-state index contributed by atoms with van der Waals surface area (Å²) in [4.78, 5) is 10.8. The maximum absolute atomic E-state index is 10.8. The van der Waals surface area contributed by atoms with Gasteiger partial charge in [-0.25, -0.2) is 0 Å². The van der Waals surface area contributed by atoms with E-state index in [4.69, 9.17) is 9.84 Å². The Kier molecular flexibility index (Phi) is 4.93. The predicted octanol–water partition coefficient (Wildman–Crippen LogP) is 0.619. The van der Waals surface area contributed by atoms with E-state index in [1.165, 1.54) is 6.92 Å². The fourth-order valence-corrected chi connectivity index (χ4v) is 1.44. The molecule has 5 nitrogen and oxygen atoms in total. The molecule has 0 aliphatic carbocycles. The number of aliphatic hydroxyl groups is 1. The van der Waals surface area contributed by atoms with Crippen LogP contribution in [0, 0.1) is 0 Å². The van der Waals surface area contributed by atoms with Gasteiger partial charge in [0.25, 0.3) is 0 Å². The molecule has 17 heavy (non-hydrogen) atoms. The standard InChI is InChI=1S/C12H17NO4/c1-8(14)11(12(15)16)13-7-9-3-5-10(17-2)6-4-9/h3-6,8,11,13-14H,7H2,1-2H3,(H,15,16). The summed E-state index contributed by atoms with van der Waals surface area (Å²) in [5, 5.41) is 20.9. The molecule has 0 saturated carbocycles. The molecule has 0 spiro atoms. The maximum atomic E-state index is 10.8. The summed E-state index contributed by atoms with van der Waals surface area (Å²) in [7, 11) is 1.58. The lowest BCUT2D eigenvalue weighted by molar-refractivity contribution is -0.142. The first-order valence-electron chi connectivity index (χ1n) is 5.31. The molecule has 94 valence electrons. The third-order valence-electron chi connectivity index (χ3n) is 2.43. The molecule has 0 heterocycles. The van der Waals surface area contributed by atoms with Gasteiger partial charge >= 0.3 is 5.97 Å². The van der Waals surface area contributed by atoms with Crippen molar-refractivity contribution in [3.8, 4) is 5.75 Å². The molecule has 0 aromatic heterocycles. The van der Waals surface area contributed by atoms with Gasteiger partial charge in [-0.15, -0.1) is 0 Å². The first-order chi connectivity index (χ1) is 8.04. The molecule has 1 aromatic carbocycles. The Hall–Kier alpha value is -1.59. The lowest BCUT2D eigenvalue weighted by Gasteiger charge is -2.17. The number of carbonyl (C=O) groups is 1. The zero-order valence-corrected chi connectivity index (χ0v) is 9.88. The highest BCUT2D eigenvalue weighted by Gasteiger charge is 2.21. The van der Waals surface area contributed by atoms with Crippen LogP contribution in [0.15, 0.2) is 24.3 Å². The molecule has 0 amide bonds. The number of methoxy groups -OCH3 is 1. The van der Waals surface area contributed by atoms with E-state index < -0.39 is 18.1 Å². The minimum atomic E-state index is -1.06. The molecule has 5 heteroatoms. The lowest BCUT2D eigenvalue weighted by Crippen LogP contribution is -2.44. The van der Waals surface area contributed by atoms with E-state index >= 15 is 0 Å². The van der Waals surface area contributed by atoms with Crippen molar-refractivity contribution in [1.82, 2.24) is 5.32 Å². The van der Waals surface area contributed by atoms with E-state index in [9.17, 15) is 9.90 Å². The van der Waals surface area contributed by atoms with Crippen molar-refractivity contribution >= 4 is 5.97 Å². The van der Waals surface area contributed by atoms with Crippen LogP contribution in [0.2, 0.25) is 0 Å². The Bertz CT molecular complexity index is 361. The predicted molar refractivity (Wildman–Crippen MR) is 62.9 cm³/mol. The van der Waals surface area contributed by atoms with Crippen LogP contribution in [0.25, 0.3) is 0 Å². The number of nitrogens with one attached hydrogen (secondary N) is 1. The van der Waals surface area contributed by atoms with Gasteiger partial charge < -0.3 is 14.9 Å². The van der Waals surface area contributed by atoms with Crippen LogP contribution in [0.3, 0.4) is 0 Å². The minimum Gasteiger partial charge on any atom is -0.497 e. The molecule has 0 radical (unpaired) electrons. The molecule has 3 N–H and O–H groups in total. The highest BCUT2D eigenvalue weighted by atomic mass is 16.5. The van der Waals surface area contributed by atoms with Crippen molar-refractivity contribution in [1.29, 1.82) is 0 Å². The molecule has 0 saturated heterocycles. The number of benzene rings is 1. The van der Waals surface area contributed by atoms with Crippen molar-refractivity contribution in [3.05, 3.63) is 29.8 Å². The van der Waals surface area contributed by atoms with Crippen LogP contribution in [-0.2, 0) is 11.3 Å². The topological polar surface area (TPSA) is 78.8 Å². The van der Waals surface area contributed by atoms with E-state index in [1.807, 2.05) is 12.1 Å². The second kappa shape index (κ2) is 6.22. The van der Waals surface area contributed by atoms with Crippen LogP contribution in [0.4, 0.5) is 0 Å². The summed E-state index contributed by atoms with van der Waals surface area (Å²) in [6.45, 7) is 1.83. The van der Waals surface area contributed by atoms with E-state index in [-0.39, 0.29) is 0 Å². The third kappa shape index (κ3) is 4.05. The molecule has 2 unspecified atom stereocenters. The molecule has 1 aromatic rings. The molecular formula is C12H17NO4. The monoisotopic (exact) mass is 239 g/mol. The molecule has 0 aliphatic heterocycles. The number of rotatable bonds is 6. The number of aliphatic carboxylic acids is 1. The Labute approximate surface area is 100 Å². The maximum Gasteiger partial charge on any atom is 0.323 e. The average molecular weight is 239 g/mol. The van der Waals surface area contributed by atoms with Crippen molar-refractivity contribution in [2.24, 2.45) is 0 Å². The molecule has 0 fully saturated rings. The van der Waals surface area contributed by atoms with Crippen molar-refractivity contribution in [3.63, 3.8) is 0 Å². The van der Waals surface area contributed by atoms with Crippen molar-refractivity contribution in [2.75, 3.05) is 7.11 Å². The van der Waals surface area contributed by atoms with Gasteiger partial charge in [-0.1, -0.05) is 12.1 Å². The summed E-state index contributed by atoms with van der Waals surface area (Å²) in [6.07, 6.45) is -0.939. The van der Waals surface area contributed by atoms with Gasteiger partial charge in [0.1, 0.15) is 11.8 Å². The first-order valence-corrected chi connectivity index (χ1v) is 5.31. The van der Waals surface area contributed by atoms with E-state index in [2.05, 4.69) is 5.32 Å². The highest BCUT2D eigenvalue weighted by molar-refractivity contribution is 5.74. The normalized spacial score (nSPS) is 14.1. The summed E-state index contributed by atoms with van der Waals surface area (Å²) in [6, 6.07) is 6.32. The second-order valence-corrected chi connectivity index (χ2v) is 3.79. The van der Waals surface area contributed by atoms with Gasteiger partial charge in [-0.2, -0.15) is 0 Å². The molecular weight excluding hydrogens is 222 g/mol. The van der Waals surface area contributed by atoms with Crippen molar-refractivity contribution < 1.29 is 19.7 Å². The second-order valence-electron chi connectivity index (χ2n) is 3.79. The highest BCUT2D eigenvalue weighted by Crippen LogP contribution is 2.11. The van der Waals surface area contributed by atoms with Crippen LogP contribution in [0.1, 0.15) is 12.5 Å². The fraction of sp³-hybridized carbons (Fsp3) is 0.417. The third-order valence-corrected chi connectivity index (χ3v) is 2.43. The number of hydrogen-bond donors (Lipinski definition) is 3. The lowest BCUT2D eigenvalue weighted by atomic mass is 10.1. The number of hydrogen-bond acceptors (Lipinski definition) is 4. The summed E-state index contributed by atoms with van der Waals surface area (Å²) < 4.78 is 5.02. The van der Waals surface area contributed by atoms with Crippen LogP contribution < -0.4 is 10.1 Å². The van der Waals surface area contributed by atoms with Gasteiger partial charge in [-0.05, 0) is 24.6 Å². The Morgan fingerprint density at radius 2 is 2.00 bits per heavy atom. The Morgan fingerprint density at radius 3 is 2.41 bits per heavy atom. The Balaban J connectivity index is 2.56. The van der Waals surface area contributed by atoms with Crippen LogP contribution >= 0.6 is 0 Å². The number of carboxylic acid groups (broad SMARTS) is 1. The van der Waals surface area contributed by atoms with Crippen LogP contribution in [0.5, 0.6) is 5.75 Å². The number of carboxylic acids is 1. The molecule has 2 atom stereocenters. The molecule has 0 bridgehead atoms. The van der Waals surface area contributed by atoms with E-state index in [0.29, 0.717) is 6.54 Å². The summed E-state index contributed by atoms with van der Waals surface area (Å²) in [5.74, 6) is -0.312. The van der Waals surface area contributed by atoms with E-state index in [1.54, 1.807) is 19.2 Å². The average Bonchev–Trinajstić information content (AvgIpc) is 2.29. The van der Waals surface area contributed by atoms with E-state index in [0.717, 1.165) is 11.3 Å². The van der Waals surface area contributed by atoms with Gasteiger partial charge in [0.05, 0.1) is 13.2 Å². The van der Waals surface area contributed by atoms with Gasteiger partial charge in [0.15, 0.2) is 0 Å². The van der Waals surface area contributed by atoms with Gasteiger partial charge in [-0.3, -0.25) is 10.1 Å². The summed E-state index contributed by atoms with van der Waals surface area (Å²) >= 11 is 0. The molecule has 0 aliphatic rings. The zero-order chi connectivity index (χ0) is 12.8. The quantitative estimate of drug-likeness (QED) is 0.678. The fourth-order valence-electron chi connectivity index (χ4n) is 1.44. The van der Waals surface area contributed by atoms with Gasteiger partial charge in [0.2, 0.25) is 0 Å². The Morgan fingerprint density at radius 1 is 1.41 bits per heavy atom. The minimum absolute atomic E-state index is 0.381.